The Morgan fingerprint density at radius 1 is 1.12 bits per heavy atom. The lowest BCUT2D eigenvalue weighted by Crippen LogP contribution is -2.40. The SMILES string of the molecule is N#CC1=C(N)N(c2ncn[nH]2)C2=C(C(=O)C[C@H](c3ccccc3)C2)[C@@H]1c1ccccc1Cl. The first-order valence-electron chi connectivity index (χ1n) is 10.2. The van der Waals surface area contributed by atoms with Crippen molar-refractivity contribution in [3.8, 4) is 6.07 Å². The number of halogens is 1. The molecule has 1 aliphatic carbocycles. The Labute approximate surface area is 189 Å². The number of aromatic amines is 1. The van der Waals surface area contributed by atoms with Crippen LogP contribution in [0.5, 0.6) is 0 Å². The fourth-order valence-electron chi connectivity index (χ4n) is 4.66. The molecule has 0 saturated heterocycles. The molecule has 1 aromatic heterocycles. The van der Waals surface area contributed by atoms with Crippen molar-refractivity contribution < 1.29 is 4.79 Å². The van der Waals surface area contributed by atoms with Gasteiger partial charge in [-0.15, -0.1) is 0 Å². The number of ketones is 1. The van der Waals surface area contributed by atoms with Crippen molar-refractivity contribution in [3.63, 3.8) is 0 Å². The van der Waals surface area contributed by atoms with Crippen molar-refractivity contribution in [1.29, 1.82) is 5.26 Å². The maximum atomic E-state index is 13.6. The molecule has 0 spiro atoms. The average Bonchev–Trinajstić information content (AvgIpc) is 3.33. The first-order valence-corrected chi connectivity index (χ1v) is 10.6. The summed E-state index contributed by atoms with van der Waals surface area (Å²) in [6.45, 7) is 0. The second kappa shape index (κ2) is 7.98. The Morgan fingerprint density at radius 2 is 1.88 bits per heavy atom. The number of Topliss-reactive ketones (excluding diaryl/α,β-unsaturated/α-hetero) is 1. The lowest BCUT2D eigenvalue weighted by Gasteiger charge is -2.40. The minimum Gasteiger partial charge on any atom is -0.384 e. The number of hydrogen-bond acceptors (Lipinski definition) is 6. The van der Waals surface area contributed by atoms with Crippen LogP contribution in [0.1, 0.15) is 35.8 Å². The summed E-state index contributed by atoms with van der Waals surface area (Å²) in [5.41, 5.74) is 9.82. The Kier molecular flexibility index (Phi) is 5.00. The van der Waals surface area contributed by atoms with Gasteiger partial charge < -0.3 is 5.73 Å². The normalized spacial score (nSPS) is 20.9. The van der Waals surface area contributed by atoms with Crippen LogP contribution in [-0.2, 0) is 4.79 Å². The second-order valence-corrected chi connectivity index (χ2v) is 8.22. The summed E-state index contributed by atoms with van der Waals surface area (Å²) in [5.74, 6) is -0.102. The molecule has 0 bridgehead atoms. The molecule has 32 heavy (non-hydrogen) atoms. The Balaban J connectivity index is 1.73. The van der Waals surface area contributed by atoms with Crippen LogP contribution in [0.3, 0.4) is 0 Å². The van der Waals surface area contributed by atoms with E-state index in [0.717, 1.165) is 5.56 Å². The highest BCUT2D eigenvalue weighted by Crippen LogP contribution is 2.49. The van der Waals surface area contributed by atoms with E-state index in [-0.39, 0.29) is 23.1 Å². The minimum absolute atomic E-state index is 0.0174. The fourth-order valence-corrected chi connectivity index (χ4v) is 4.90. The van der Waals surface area contributed by atoms with Gasteiger partial charge in [0.25, 0.3) is 0 Å². The number of carbonyl (C=O) groups excluding carboxylic acids is 1. The maximum Gasteiger partial charge on any atom is 0.231 e. The van der Waals surface area contributed by atoms with E-state index in [1.807, 2.05) is 48.5 Å². The molecule has 3 aromatic rings. The Morgan fingerprint density at radius 3 is 2.56 bits per heavy atom. The zero-order chi connectivity index (χ0) is 22.2. The van der Waals surface area contributed by atoms with E-state index < -0.39 is 5.92 Å². The molecule has 158 valence electrons. The van der Waals surface area contributed by atoms with Crippen molar-refractivity contribution in [3.05, 3.63) is 99.7 Å². The Bertz CT molecular complexity index is 1290. The van der Waals surface area contributed by atoms with E-state index in [1.54, 1.807) is 11.0 Å². The van der Waals surface area contributed by atoms with Gasteiger partial charge in [0.1, 0.15) is 12.1 Å². The maximum absolute atomic E-state index is 13.6. The summed E-state index contributed by atoms with van der Waals surface area (Å²) in [5, 5.41) is 17.3. The molecule has 0 unspecified atom stereocenters. The van der Waals surface area contributed by atoms with Crippen molar-refractivity contribution in [2.75, 3.05) is 4.90 Å². The predicted octanol–water partition coefficient (Wildman–Crippen LogP) is 4.16. The number of nitrogens with one attached hydrogen (secondary N) is 1. The van der Waals surface area contributed by atoms with Gasteiger partial charge in [0.05, 0.1) is 17.6 Å². The quantitative estimate of drug-likeness (QED) is 0.630. The van der Waals surface area contributed by atoms with Crippen LogP contribution in [0.2, 0.25) is 5.02 Å². The monoisotopic (exact) mass is 442 g/mol. The molecule has 2 aliphatic rings. The third-order valence-corrected chi connectivity index (χ3v) is 6.41. The molecule has 0 radical (unpaired) electrons. The summed E-state index contributed by atoms with van der Waals surface area (Å²) >= 11 is 6.52. The number of aromatic nitrogens is 3. The molecule has 2 heterocycles. The molecule has 2 atom stereocenters. The van der Waals surface area contributed by atoms with Gasteiger partial charge in [-0.2, -0.15) is 15.3 Å². The largest absolute Gasteiger partial charge is 0.384 e. The molecule has 5 rings (SSSR count). The van der Waals surface area contributed by atoms with E-state index in [0.29, 0.717) is 40.6 Å². The van der Waals surface area contributed by atoms with Crippen molar-refractivity contribution >= 4 is 23.3 Å². The van der Waals surface area contributed by atoms with Crippen LogP contribution < -0.4 is 10.6 Å². The average molecular weight is 443 g/mol. The number of benzene rings is 2. The molecule has 3 N–H and O–H groups in total. The standard InChI is InChI=1S/C24H19ClN6O/c25-18-9-5-4-8-16(18)21-17(12-26)23(27)31(24-28-13-29-30-24)19-10-15(11-20(32)22(19)21)14-6-2-1-3-7-14/h1-9,13,15,21H,10-11,27H2,(H,28,29,30)/t15-,21-/m1/s1. The highest BCUT2D eigenvalue weighted by atomic mass is 35.5. The van der Waals surface area contributed by atoms with Crippen molar-refractivity contribution in [2.24, 2.45) is 5.73 Å². The van der Waals surface area contributed by atoms with Crippen LogP contribution >= 0.6 is 11.6 Å². The molecule has 7 nitrogen and oxygen atoms in total. The fraction of sp³-hybridized carbons (Fsp3) is 0.167. The van der Waals surface area contributed by atoms with E-state index in [2.05, 4.69) is 21.3 Å². The third-order valence-electron chi connectivity index (χ3n) is 6.07. The third kappa shape index (κ3) is 3.17. The first kappa shape index (κ1) is 20.0. The molecule has 0 saturated carbocycles. The number of nitriles is 1. The van der Waals surface area contributed by atoms with Crippen molar-refractivity contribution in [1.82, 2.24) is 15.2 Å². The molecule has 0 fully saturated rings. The molecule has 8 heteroatoms. The number of rotatable bonds is 3. The molecule has 2 aromatic carbocycles. The van der Waals surface area contributed by atoms with Crippen molar-refractivity contribution in [2.45, 2.75) is 24.7 Å². The lowest BCUT2D eigenvalue weighted by molar-refractivity contribution is -0.116. The summed E-state index contributed by atoms with van der Waals surface area (Å²) in [4.78, 5) is 19.6. The lowest BCUT2D eigenvalue weighted by atomic mass is 9.72. The zero-order valence-corrected chi connectivity index (χ0v) is 17.8. The number of nitrogens with zero attached hydrogens (tertiary/aromatic N) is 4. The number of nitrogens with two attached hydrogens (primary N) is 1. The van der Waals surface area contributed by atoms with Crippen LogP contribution in [0.15, 0.2) is 83.6 Å². The Hall–Kier alpha value is -3.89. The predicted molar refractivity (Wildman–Crippen MR) is 120 cm³/mol. The summed E-state index contributed by atoms with van der Waals surface area (Å²) in [7, 11) is 0. The van der Waals surface area contributed by atoms with E-state index in [9.17, 15) is 10.1 Å². The van der Waals surface area contributed by atoms with E-state index in [1.165, 1.54) is 6.33 Å². The molecular weight excluding hydrogens is 424 g/mol. The van der Waals surface area contributed by atoms with Gasteiger partial charge in [0.15, 0.2) is 5.78 Å². The number of carbonyl (C=O) groups is 1. The smallest absolute Gasteiger partial charge is 0.231 e. The van der Waals surface area contributed by atoms with Gasteiger partial charge in [0, 0.05) is 22.7 Å². The molecule has 0 amide bonds. The van der Waals surface area contributed by atoms with Gasteiger partial charge in [-0.3, -0.25) is 9.69 Å². The first-order chi connectivity index (χ1) is 15.6. The van der Waals surface area contributed by atoms with E-state index >= 15 is 0 Å². The highest BCUT2D eigenvalue weighted by molar-refractivity contribution is 6.31. The number of H-pyrrole nitrogens is 1. The van der Waals surface area contributed by atoms with Crippen LogP contribution in [0.25, 0.3) is 0 Å². The van der Waals surface area contributed by atoms with Gasteiger partial charge in [-0.1, -0.05) is 60.1 Å². The molecular formula is C24H19ClN6O. The van der Waals surface area contributed by atoms with Gasteiger partial charge in [-0.25, -0.2) is 5.10 Å². The highest BCUT2D eigenvalue weighted by Gasteiger charge is 2.44. The molecule has 1 aliphatic heterocycles. The topological polar surface area (TPSA) is 112 Å². The summed E-state index contributed by atoms with van der Waals surface area (Å²) in [6.07, 6.45) is 2.27. The summed E-state index contributed by atoms with van der Waals surface area (Å²) in [6, 6.07) is 19.4. The van der Waals surface area contributed by atoms with Gasteiger partial charge in [-0.05, 0) is 29.5 Å². The van der Waals surface area contributed by atoms with Crippen LogP contribution in [-0.4, -0.2) is 21.0 Å². The van der Waals surface area contributed by atoms with Crippen LogP contribution in [0.4, 0.5) is 5.95 Å². The van der Waals surface area contributed by atoms with Gasteiger partial charge >= 0.3 is 0 Å². The van der Waals surface area contributed by atoms with Gasteiger partial charge in [0.2, 0.25) is 5.95 Å². The number of anilines is 1. The van der Waals surface area contributed by atoms with Crippen LogP contribution in [0, 0.1) is 11.3 Å². The zero-order valence-electron chi connectivity index (χ0n) is 17.0. The second-order valence-electron chi connectivity index (χ2n) is 7.81. The number of allylic oxidation sites excluding steroid dienone is 3. The minimum atomic E-state index is -0.632. The van der Waals surface area contributed by atoms with E-state index in [4.69, 9.17) is 17.3 Å². The summed E-state index contributed by atoms with van der Waals surface area (Å²) < 4.78 is 0. The number of hydrogen-bond donors (Lipinski definition) is 2.